The molecule has 0 bridgehead atoms. The van der Waals surface area contributed by atoms with Gasteiger partial charge in [-0.2, -0.15) is 0 Å². The molecular weight excluding hydrogens is 174 g/mol. The number of hydrogen-bond acceptors (Lipinski definition) is 2. The topological polar surface area (TPSA) is 54.7 Å². The Morgan fingerprint density at radius 2 is 2.33 bits per heavy atom. The zero-order chi connectivity index (χ0) is 7.68. The summed E-state index contributed by atoms with van der Waals surface area (Å²) in [7, 11) is 0. The molecule has 0 saturated carbocycles. The van der Waals surface area contributed by atoms with Crippen LogP contribution in [0.15, 0.2) is 24.5 Å². The second kappa shape index (κ2) is 3.56. The molecule has 0 aliphatic rings. The number of nitrogens with zero attached hydrogens (tertiary/aromatic N) is 1. The number of fused-ring (bicyclic) bond motifs is 1. The largest absolute Gasteiger partial charge is 0.346 e. The zero-order valence-electron chi connectivity index (χ0n) is 6.45. The maximum absolute atomic E-state index is 5.51. The normalized spacial score (nSPS) is 9.75. The number of hydrogen-bond donors (Lipinski definition) is 2. The van der Waals surface area contributed by atoms with E-state index in [1.54, 1.807) is 6.20 Å². The Morgan fingerprint density at radius 1 is 1.50 bits per heavy atom. The van der Waals surface area contributed by atoms with E-state index in [0.29, 0.717) is 6.54 Å². The summed E-state index contributed by atoms with van der Waals surface area (Å²) in [6.45, 7) is 0.561. The van der Waals surface area contributed by atoms with Crippen LogP contribution in [0.4, 0.5) is 0 Å². The van der Waals surface area contributed by atoms with E-state index in [9.17, 15) is 0 Å². The first-order chi connectivity index (χ1) is 5.42. The van der Waals surface area contributed by atoms with Gasteiger partial charge in [0.25, 0.3) is 0 Å². The second-order valence-electron chi connectivity index (χ2n) is 2.42. The van der Waals surface area contributed by atoms with Crippen LogP contribution in [-0.4, -0.2) is 9.97 Å². The molecule has 0 atom stereocenters. The minimum Gasteiger partial charge on any atom is -0.346 e. The lowest BCUT2D eigenvalue weighted by atomic mass is 10.2. The average molecular weight is 184 g/mol. The zero-order valence-corrected chi connectivity index (χ0v) is 7.27. The Hall–Kier alpha value is -1.06. The van der Waals surface area contributed by atoms with Gasteiger partial charge in [0.1, 0.15) is 5.65 Å². The predicted octanol–water partition coefficient (Wildman–Crippen LogP) is 1.44. The summed E-state index contributed by atoms with van der Waals surface area (Å²) in [5.41, 5.74) is 7.54. The number of rotatable bonds is 1. The molecule has 0 aliphatic carbocycles. The van der Waals surface area contributed by atoms with E-state index in [2.05, 4.69) is 9.97 Å². The Labute approximate surface area is 76.4 Å². The van der Waals surface area contributed by atoms with Gasteiger partial charge in [-0.1, -0.05) is 0 Å². The van der Waals surface area contributed by atoms with Crippen LogP contribution in [0.25, 0.3) is 11.0 Å². The van der Waals surface area contributed by atoms with Crippen molar-refractivity contribution in [2.24, 2.45) is 5.73 Å². The third-order valence-electron chi connectivity index (χ3n) is 1.76. The van der Waals surface area contributed by atoms with E-state index in [-0.39, 0.29) is 12.4 Å². The van der Waals surface area contributed by atoms with Crippen LogP contribution in [0.2, 0.25) is 0 Å². The van der Waals surface area contributed by atoms with Crippen LogP contribution in [0.5, 0.6) is 0 Å². The first-order valence-electron chi connectivity index (χ1n) is 3.53. The number of halogens is 1. The van der Waals surface area contributed by atoms with Crippen LogP contribution < -0.4 is 5.73 Å². The fraction of sp³-hybridized carbons (Fsp3) is 0.125. The standard InChI is InChI=1S/C8H9N3.ClH/c9-4-6-5-11-8-7(6)2-1-3-10-8;/h1-3,5H,4,9H2,(H,10,11);1H. The van der Waals surface area contributed by atoms with Crippen LogP contribution in [-0.2, 0) is 6.54 Å². The van der Waals surface area contributed by atoms with Crippen molar-refractivity contribution in [3.05, 3.63) is 30.1 Å². The highest BCUT2D eigenvalue weighted by atomic mass is 35.5. The second-order valence-corrected chi connectivity index (χ2v) is 2.42. The lowest BCUT2D eigenvalue weighted by Gasteiger charge is -1.90. The summed E-state index contributed by atoms with van der Waals surface area (Å²) in [5, 5.41) is 1.12. The number of aromatic amines is 1. The maximum Gasteiger partial charge on any atom is 0.137 e. The van der Waals surface area contributed by atoms with Crippen LogP contribution in [0.1, 0.15) is 5.56 Å². The monoisotopic (exact) mass is 183 g/mol. The smallest absolute Gasteiger partial charge is 0.137 e. The molecule has 0 aliphatic heterocycles. The highest BCUT2D eigenvalue weighted by Crippen LogP contribution is 2.13. The summed E-state index contributed by atoms with van der Waals surface area (Å²) in [4.78, 5) is 7.19. The first kappa shape index (κ1) is 9.03. The molecule has 0 spiro atoms. The Bertz CT molecular complexity index is 369. The van der Waals surface area contributed by atoms with Gasteiger partial charge in [-0.3, -0.25) is 0 Å². The molecule has 2 rings (SSSR count). The van der Waals surface area contributed by atoms with Crippen molar-refractivity contribution in [1.82, 2.24) is 9.97 Å². The van der Waals surface area contributed by atoms with Crippen molar-refractivity contribution in [2.45, 2.75) is 6.54 Å². The molecule has 0 unspecified atom stereocenters. The van der Waals surface area contributed by atoms with Gasteiger partial charge >= 0.3 is 0 Å². The molecule has 12 heavy (non-hydrogen) atoms. The molecule has 2 aromatic heterocycles. The molecule has 3 N–H and O–H groups in total. The van der Waals surface area contributed by atoms with Crippen LogP contribution in [0.3, 0.4) is 0 Å². The summed E-state index contributed by atoms with van der Waals surface area (Å²) >= 11 is 0. The fourth-order valence-corrected chi connectivity index (χ4v) is 1.18. The molecule has 0 saturated heterocycles. The Balaban J connectivity index is 0.000000720. The van der Waals surface area contributed by atoms with Crippen molar-refractivity contribution in [3.63, 3.8) is 0 Å². The van der Waals surface area contributed by atoms with Gasteiger partial charge in [0.2, 0.25) is 0 Å². The third-order valence-corrected chi connectivity index (χ3v) is 1.76. The van der Waals surface area contributed by atoms with E-state index in [4.69, 9.17) is 5.73 Å². The number of aromatic nitrogens is 2. The highest BCUT2D eigenvalue weighted by molar-refractivity contribution is 5.85. The highest BCUT2D eigenvalue weighted by Gasteiger charge is 1.99. The Kier molecular flexibility index (Phi) is 2.68. The first-order valence-corrected chi connectivity index (χ1v) is 3.53. The molecule has 0 fully saturated rings. The van der Waals surface area contributed by atoms with E-state index in [1.165, 1.54) is 0 Å². The summed E-state index contributed by atoms with van der Waals surface area (Å²) in [5.74, 6) is 0. The lowest BCUT2D eigenvalue weighted by molar-refractivity contribution is 1.08. The summed E-state index contributed by atoms with van der Waals surface area (Å²) < 4.78 is 0. The molecule has 0 radical (unpaired) electrons. The van der Waals surface area contributed by atoms with Gasteiger partial charge in [-0.15, -0.1) is 12.4 Å². The molecule has 64 valence electrons. The number of nitrogens with one attached hydrogen (secondary N) is 1. The van der Waals surface area contributed by atoms with Crippen LogP contribution >= 0.6 is 12.4 Å². The van der Waals surface area contributed by atoms with Crippen molar-refractivity contribution in [2.75, 3.05) is 0 Å². The van der Waals surface area contributed by atoms with Crippen molar-refractivity contribution < 1.29 is 0 Å². The number of nitrogens with two attached hydrogens (primary N) is 1. The minimum absolute atomic E-state index is 0. The third kappa shape index (κ3) is 1.29. The van der Waals surface area contributed by atoms with Gasteiger partial charge in [0.15, 0.2) is 0 Å². The fourth-order valence-electron chi connectivity index (χ4n) is 1.18. The molecule has 0 aromatic carbocycles. The van der Waals surface area contributed by atoms with Crippen LogP contribution in [0, 0.1) is 0 Å². The summed E-state index contributed by atoms with van der Waals surface area (Å²) in [6.07, 6.45) is 3.66. The van der Waals surface area contributed by atoms with E-state index in [1.807, 2.05) is 18.3 Å². The Morgan fingerprint density at radius 3 is 3.08 bits per heavy atom. The molecular formula is C8H10ClN3. The van der Waals surface area contributed by atoms with E-state index < -0.39 is 0 Å². The molecule has 2 heterocycles. The maximum atomic E-state index is 5.51. The lowest BCUT2D eigenvalue weighted by Crippen LogP contribution is -1.93. The van der Waals surface area contributed by atoms with Gasteiger partial charge in [-0.05, 0) is 17.7 Å². The van der Waals surface area contributed by atoms with Crippen molar-refractivity contribution in [3.8, 4) is 0 Å². The minimum atomic E-state index is 0. The summed E-state index contributed by atoms with van der Waals surface area (Å²) in [6, 6.07) is 3.93. The average Bonchev–Trinajstić information content (AvgIpc) is 2.47. The molecule has 2 aromatic rings. The van der Waals surface area contributed by atoms with Gasteiger partial charge in [0.05, 0.1) is 0 Å². The predicted molar refractivity (Wildman–Crippen MR) is 51.2 cm³/mol. The molecule has 4 heteroatoms. The number of H-pyrrole nitrogens is 1. The van der Waals surface area contributed by atoms with Gasteiger partial charge in [-0.25, -0.2) is 4.98 Å². The van der Waals surface area contributed by atoms with E-state index in [0.717, 1.165) is 16.6 Å². The van der Waals surface area contributed by atoms with E-state index >= 15 is 0 Å². The van der Waals surface area contributed by atoms with Gasteiger partial charge in [0, 0.05) is 24.3 Å². The molecule has 3 nitrogen and oxygen atoms in total. The number of pyridine rings is 1. The van der Waals surface area contributed by atoms with Gasteiger partial charge < -0.3 is 10.7 Å². The molecule has 0 amide bonds. The quantitative estimate of drug-likeness (QED) is 0.703. The van der Waals surface area contributed by atoms with Crippen molar-refractivity contribution in [1.29, 1.82) is 0 Å². The van der Waals surface area contributed by atoms with Crippen molar-refractivity contribution >= 4 is 23.4 Å². The SMILES string of the molecule is Cl.NCc1c[nH]c2ncccc12.